The van der Waals surface area contributed by atoms with Crippen LogP contribution in [0.3, 0.4) is 0 Å². The van der Waals surface area contributed by atoms with Gasteiger partial charge in [-0.05, 0) is 49.6 Å². The number of ether oxygens (including phenoxy) is 1. The van der Waals surface area contributed by atoms with E-state index in [4.69, 9.17) is 10.5 Å². The summed E-state index contributed by atoms with van der Waals surface area (Å²) in [4.78, 5) is 0. The van der Waals surface area contributed by atoms with Crippen LogP contribution < -0.4 is 15.8 Å². The van der Waals surface area contributed by atoms with Gasteiger partial charge in [0.15, 0.2) is 0 Å². The van der Waals surface area contributed by atoms with E-state index in [2.05, 4.69) is 31.3 Å². The second kappa shape index (κ2) is 6.51. The molecule has 0 amide bonds. The lowest BCUT2D eigenvalue weighted by Gasteiger charge is -2.12. The van der Waals surface area contributed by atoms with Gasteiger partial charge < -0.3 is 15.8 Å². The predicted octanol–water partition coefficient (Wildman–Crippen LogP) is 1.40. The summed E-state index contributed by atoms with van der Waals surface area (Å²) >= 11 is 0. The first-order valence-corrected chi connectivity index (χ1v) is 5.74. The number of hydrogen-bond donors (Lipinski definition) is 2. The minimum absolute atomic E-state index is 0.685. The van der Waals surface area contributed by atoms with Gasteiger partial charge in [-0.3, -0.25) is 0 Å². The molecule has 0 saturated heterocycles. The van der Waals surface area contributed by atoms with Crippen LogP contribution in [0.1, 0.15) is 16.7 Å². The molecule has 0 fully saturated rings. The van der Waals surface area contributed by atoms with Crippen LogP contribution in [0.2, 0.25) is 0 Å². The lowest BCUT2D eigenvalue weighted by Crippen LogP contribution is -2.24. The van der Waals surface area contributed by atoms with Crippen molar-refractivity contribution in [1.29, 1.82) is 0 Å². The van der Waals surface area contributed by atoms with E-state index >= 15 is 0 Å². The Morgan fingerprint density at radius 3 is 2.50 bits per heavy atom. The Kier molecular flexibility index (Phi) is 5.29. The largest absolute Gasteiger partial charge is 0.496 e. The molecule has 90 valence electrons. The maximum Gasteiger partial charge on any atom is 0.122 e. The zero-order valence-corrected chi connectivity index (χ0v) is 10.5. The Bertz CT molecular complexity index is 337. The first-order valence-electron chi connectivity index (χ1n) is 5.74. The molecule has 0 unspecified atom stereocenters. The third-order valence-corrected chi connectivity index (χ3v) is 2.79. The molecule has 0 spiro atoms. The van der Waals surface area contributed by atoms with E-state index in [1.54, 1.807) is 7.11 Å². The van der Waals surface area contributed by atoms with Gasteiger partial charge in [0.25, 0.3) is 0 Å². The van der Waals surface area contributed by atoms with Gasteiger partial charge in [-0.1, -0.05) is 6.07 Å². The van der Waals surface area contributed by atoms with E-state index < -0.39 is 0 Å². The molecule has 0 aliphatic heterocycles. The highest BCUT2D eigenvalue weighted by Crippen LogP contribution is 2.23. The van der Waals surface area contributed by atoms with Gasteiger partial charge in [-0.2, -0.15) is 0 Å². The smallest absolute Gasteiger partial charge is 0.122 e. The molecule has 0 atom stereocenters. The fourth-order valence-electron chi connectivity index (χ4n) is 1.68. The van der Waals surface area contributed by atoms with Gasteiger partial charge in [0.05, 0.1) is 7.11 Å². The fourth-order valence-corrected chi connectivity index (χ4v) is 1.68. The molecule has 0 aromatic heterocycles. The summed E-state index contributed by atoms with van der Waals surface area (Å²) in [5, 5.41) is 3.29. The molecule has 0 radical (unpaired) electrons. The summed E-state index contributed by atoms with van der Waals surface area (Å²) in [6, 6.07) is 4.31. The van der Waals surface area contributed by atoms with Crippen molar-refractivity contribution in [2.24, 2.45) is 5.73 Å². The molecule has 16 heavy (non-hydrogen) atoms. The molecule has 1 rings (SSSR count). The van der Waals surface area contributed by atoms with Crippen LogP contribution in [0.5, 0.6) is 5.75 Å². The normalized spacial score (nSPS) is 10.5. The van der Waals surface area contributed by atoms with E-state index in [1.807, 2.05) is 0 Å². The zero-order chi connectivity index (χ0) is 12.0. The number of hydrogen-bond acceptors (Lipinski definition) is 3. The minimum atomic E-state index is 0.685. The lowest BCUT2D eigenvalue weighted by atomic mass is 10.0. The van der Waals surface area contributed by atoms with Crippen LogP contribution in [-0.4, -0.2) is 26.7 Å². The Morgan fingerprint density at radius 2 is 1.88 bits per heavy atom. The molecule has 1 aromatic carbocycles. The highest BCUT2D eigenvalue weighted by Gasteiger charge is 2.05. The monoisotopic (exact) mass is 222 g/mol. The van der Waals surface area contributed by atoms with E-state index in [0.717, 1.165) is 25.3 Å². The third kappa shape index (κ3) is 3.51. The van der Waals surface area contributed by atoms with Crippen LogP contribution >= 0.6 is 0 Å². The second-order valence-corrected chi connectivity index (χ2v) is 4.04. The van der Waals surface area contributed by atoms with E-state index in [-0.39, 0.29) is 0 Å². The molecular weight excluding hydrogens is 200 g/mol. The minimum Gasteiger partial charge on any atom is -0.496 e. The van der Waals surface area contributed by atoms with Crippen LogP contribution in [0.4, 0.5) is 0 Å². The molecule has 3 nitrogen and oxygen atoms in total. The van der Waals surface area contributed by atoms with Crippen molar-refractivity contribution in [2.45, 2.75) is 20.3 Å². The van der Waals surface area contributed by atoms with Gasteiger partial charge >= 0.3 is 0 Å². The Morgan fingerprint density at radius 1 is 1.19 bits per heavy atom. The molecule has 0 saturated carbocycles. The maximum atomic E-state index is 5.42. The average molecular weight is 222 g/mol. The van der Waals surface area contributed by atoms with Crippen molar-refractivity contribution < 1.29 is 4.74 Å². The molecule has 3 N–H and O–H groups in total. The van der Waals surface area contributed by atoms with Crippen molar-refractivity contribution in [2.75, 3.05) is 26.7 Å². The average Bonchev–Trinajstić information content (AvgIpc) is 2.28. The summed E-state index contributed by atoms with van der Waals surface area (Å²) in [5.41, 5.74) is 9.27. The van der Waals surface area contributed by atoms with Crippen LogP contribution in [0.15, 0.2) is 12.1 Å². The zero-order valence-electron chi connectivity index (χ0n) is 10.5. The SMILES string of the molecule is COc1cc(C)c(C)cc1CCNCCN. The summed E-state index contributed by atoms with van der Waals surface area (Å²) < 4.78 is 5.39. The highest BCUT2D eigenvalue weighted by atomic mass is 16.5. The van der Waals surface area contributed by atoms with Crippen molar-refractivity contribution in [3.05, 3.63) is 28.8 Å². The second-order valence-electron chi connectivity index (χ2n) is 4.04. The van der Waals surface area contributed by atoms with E-state index in [9.17, 15) is 0 Å². The number of methoxy groups -OCH3 is 1. The lowest BCUT2D eigenvalue weighted by molar-refractivity contribution is 0.408. The van der Waals surface area contributed by atoms with Crippen molar-refractivity contribution in [3.8, 4) is 5.75 Å². The number of aryl methyl sites for hydroxylation is 2. The van der Waals surface area contributed by atoms with Crippen LogP contribution in [0.25, 0.3) is 0 Å². The molecule has 0 heterocycles. The van der Waals surface area contributed by atoms with Gasteiger partial charge in [0.1, 0.15) is 5.75 Å². The van der Waals surface area contributed by atoms with Gasteiger partial charge in [-0.15, -0.1) is 0 Å². The van der Waals surface area contributed by atoms with E-state index in [0.29, 0.717) is 6.54 Å². The summed E-state index contributed by atoms with van der Waals surface area (Å²) in [5.74, 6) is 0.984. The molecule has 0 aliphatic carbocycles. The Labute approximate surface area is 98.0 Å². The van der Waals surface area contributed by atoms with Gasteiger partial charge in [0, 0.05) is 13.1 Å². The maximum absolute atomic E-state index is 5.42. The molecule has 0 aliphatic rings. The molecule has 0 bridgehead atoms. The Balaban J connectivity index is 2.66. The van der Waals surface area contributed by atoms with Gasteiger partial charge in [-0.25, -0.2) is 0 Å². The fraction of sp³-hybridized carbons (Fsp3) is 0.538. The standard InChI is InChI=1S/C13H22N2O/c1-10-8-12(4-6-15-7-5-14)13(16-3)9-11(10)2/h8-9,15H,4-7,14H2,1-3H3. The first kappa shape index (κ1) is 13.0. The van der Waals surface area contributed by atoms with Gasteiger partial charge in [0.2, 0.25) is 0 Å². The number of rotatable bonds is 6. The third-order valence-electron chi connectivity index (χ3n) is 2.79. The van der Waals surface area contributed by atoms with Crippen molar-refractivity contribution in [1.82, 2.24) is 5.32 Å². The van der Waals surface area contributed by atoms with Crippen LogP contribution in [0, 0.1) is 13.8 Å². The van der Waals surface area contributed by atoms with E-state index in [1.165, 1.54) is 16.7 Å². The summed E-state index contributed by atoms with van der Waals surface area (Å²) in [7, 11) is 1.72. The number of nitrogens with two attached hydrogens (primary N) is 1. The Hall–Kier alpha value is -1.06. The van der Waals surface area contributed by atoms with Crippen molar-refractivity contribution in [3.63, 3.8) is 0 Å². The molecule has 1 aromatic rings. The van der Waals surface area contributed by atoms with Crippen LogP contribution in [-0.2, 0) is 6.42 Å². The number of benzene rings is 1. The predicted molar refractivity (Wildman–Crippen MR) is 68.1 cm³/mol. The first-order chi connectivity index (χ1) is 7.69. The van der Waals surface area contributed by atoms with Crippen molar-refractivity contribution >= 4 is 0 Å². The molecular formula is C13H22N2O. The number of nitrogens with one attached hydrogen (secondary N) is 1. The quantitative estimate of drug-likeness (QED) is 0.715. The highest BCUT2D eigenvalue weighted by molar-refractivity contribution is 5.41. The molecule has 3 heteroatoms. The summed E-state index contributed by atoms with van der Waals surface area (Å²) in [6.45, 7) is 6.73. The summed E-state index contributed by atoms with van der Waals surface area (Å²) in [6.07, 6.45) is 0.976. The topological polar surface area (TPSA) is 47.3 Å².